The van der Waals surface area contributed by atoms with Crippen LogP contribution in [0.15, 0.2) is 40.1 Å². The summed E-state index contributed by atoms with van der Waals surface area (Å²) in [5.41, 5.74) is 9.15. The Kier molecular flexibility index (Phi) is 4.51. The Balaban J connectivity index is 2.52. The van der Waals surface area contributed by atoms with E-state index in [4.69, 9.17) is 4.84 Å². The van der Waals surface area contributed by atoms with Crippen LogP contribution in [-0.4, -0.2) is 27.4 Å². The average Bonchev–Trinajstić information content (AvgIpc) is 2.72. The molecule has 0 radical (unpaired) electrons. The zero-order valence-corrected chi connectivity index (χ0v) is 13.8. The third kappa shape index (κ3) is 3.02. The molecule has 21 heavy (non-hydrogen) atoms. The van der Waals surface area contributed by atoms with E-state index >= 15 is 0 Å². The highest BCUT2D eigenvalue weighted by molar-refractivity contribution is 5.92. The summed E-state index contributed by atoms with van der Waals surface area (Å²) >= 11 is 0. The molecule has 3 heteroatoms. The van der Waals surface area contributed by atoms with Crippen LogP contribution in [-0.2, 0) is 4.84 Å². The Hall–Kier alpha value is -2.03. The number of hydrogen-bond donors (Lipinski definition) is 0. The van der Waals surface area contributed by atoms with Crippen LogP contribution in [0.1, 0.15) is 38.3 Å². The van der Waals surface area contributed by atoms with Gasteiger partial charge in [-0.2, -0.15) is 0 Å². The summed E-state index contributed by atoms with van der Waals surface area (Å²) in [5, 5.41) is 3.96. The molecule has 0 bridgehead atoms. The monoisotopic (exact) mass is 284 g/mol. The molecule has 0 saturated heterocycles. The van der Waals surface area contributed by atoms with E-state index in [0.717, 1.165) is 17.7 Å². The highest BCUT2D eigenvalue weighted by Gasteiger charge is 2.19. The van der Waals surface area contributed by atoms with Crippen LogP contribution in [0.5, 0.6) is 0 Å². The van der Waals surface area contributed by atoms with Crippen molar-refractivity contribution < 1.29 is 4.84 Å². The maximum absolute atomic E-state index is 4.86. The molecular weight excluding hydrogens is 260 g/mol. The quantitative estimate of drug-likeness (QED) is 0.610. The van der Waals surface area contributed by atoms with Crippen molar-refractivity contribution in [2.75, 3.05) is 26.1 Å². The molecule has 0 aromatic heterocycles. The molecule has 0 N–H and O–H groups in total. The first-order valence-corrected chi connectivity index (χ1v) is 7.20. The fourth-order valence-corrected chi connectivity index (χ4v) is 2.69. The van der Waals surface area contributed by atoms with Crippen molar-refractivity contribution in [1.82, 2.24) is 0 Å². The second-order valence-electron chi connectivity index (χ2n) is 5.77. The van der Waals surface area contributed by atoms with E-state index in [1.54, 1.807) is 13.3 Å². The molecule has 0 spiro atoms. The van der Waals surface area contributed by atoms with E-state index in [0.29, 0.717) is 0 Å². The predicted molar refractivity (Wildman–Crippen MR) is 91.0 cm³/mol. The third-order valence-corrected chi connectivity index (χ3v) is 4.27. The largest absolute Gasteiger partial charge is 0.399 e. The number of nitrogens with zero attached hydrogens (tertiary/aromatic N) is 2. The Morgan fingerprint density at radius 2 is 1.86 bits per heavy atom. The van der Waals surface area contributed by atoms with Crippen LogP contribution in [0, 0.1) is 0 Å². The zero-order chi connectivity index (χ0) is 15.6. The molecular formula is C18H24N2O. The van der Waals surface area contributed by atoms with E-state index in [1.165, 1.54) is 27.9 Å². The zero-order valence-electron chi connectivity index (χ0n) is 13.8. The summed E-state index contributed by atoms with van der Waals surface area (Å²) in [6.45, 7) is 6.62. The highest BCUT2D eigenvalue weighted by Crippen LogP contribution is 2.39. The molecule has 1 aromatic rings. The predicted octanol–water partition coefficient (Wildman–Crippen LogP) is 4.25. The Morgan fingerprint density at radius 3 is 2.38 bits per heavy atom. The lowest BCUT2D eigenvalue weighted by Crippen LogP contribution is -2.09. The fourth-order valence-electron chi connectivity index (χ4n) is 2.69. The topological polar surface area (TPSA) is 24.8 Å². The van der Waals surface area contributed by atoms with Gasteiger partial charge in [0.05, 0.1) is 6.21 Å². The Labute approximate surface area is 127 Å². The molecule has 0 aliphatic heterocycles. The standard InChI is InChI=1S/C18H24N2O/c1-12-9-18(14(3)13(12)2)17-8-7-16(20(4)5)10-15(17)11-19-21-6/h7-8,10-11H,9H2,1-6H3. The lowest BCUT2D eigenvalue weighted by Gasteiger charge is -2.16. The molecule has 1 aliphatic carbocycles. The van der Waals surface area contributed by atoms with Crippen LogP contribution >= 0.6 is 0 Å². The van der Waals surface area contributed by atoms with E-state index in [2.05, 4.69) is 49.0 Å². The summed E-state index contributed by atoms with van der Waals surface area (Å²) in [6, 6.07) is 6.50. The number of anilines is 1. The van der Waals surface area contributed by atoms with Crippen LogP contribution < -0.4 is 4.90 Å². The smallest absolute Gasteiger partial charge is 0.106 e. The van der Waals surface area contributed by atoms with Gasteiger partial charge in [0.15, 0.2) is 0 Å². The summed E-state index contributed by atoms with van der Waals surface area (Å²) in [6.07, 6.45) is 2.82. The molecule has 0 fully saturated rings. The molecule has 0 atom stereocenters. The van der Waals surface area contributed by atoms with Gasteiger partial charge in [-0.3, -0.25) is 0 Å². The van der Waals surface area contributed by atoms with E-state index in [1.807, 2.05) is 14.1 Å². The van der Waals surface area contributed by atoms with Crippen molar-refractivity contribution in [2.45, 2.75) is 27.2 Å². The van der Waals surface area contributed by atoms with Gasteiger partial charge in [-0.1, -0.05) is 16.8 Å². The second kappa shape index (κ2) is 6.17. The number of rotatable bonds is 4. The molecule has 0 heterocycles. The van der Waals surface area contributed by atoms with Crippen LogP contribution in [0.4, 0.5) is 5.69 Å². The maximum Gasteiger partial charge on any atom is 0.106 e. The second-order valence-corrected chi connectivity index (χ2v) is 5.77. The van der Waals surface area contributed by atoms with Gasteiger partial charge in [-0.25, -0.2) is 0 Å². The van der Waals surface area contributed by atoms with Gasteiger partial charge in [-0.05, 0) is 61.6 Å². The van der Waals surface area contributed by atoms with Crippen molar-refractivity contribution >= 4 is 17.5 Å². The Morgan fingerprint density at radius 1 is 1.14 bits per heavy atom. The van der Waals surface area contributed by atoms with Crippen molar-refractivity contribution in [3.63, 3.8) is 0 Å². The number of hydrogen-bond acceptors (Lipinski definition) is 3. The van der Waals surface area contributed by atoms with Crippen molar-refractivity contribution in [2.24, 2.45) is 5.16 Å². The van der Waals surface area contributed by atoms with Crippen LogP contribution in [0.2, 0.25) is 0 Å². The first-order valence-electron chi connectivity index (χ1n) is 7.20. The first-order chi connectivity index (χ1) is 9.95. The lowest BCUT2D eigenvalue weighted by atomic mass is 9.95. The van der Waals surface area contributed by atoms with Gasteiger partial charge in [0.25, 0.3) is 0 Å². The molecule has 0 saturated carbocycles. The third-order valence-electron chi connectivity index (χ3n) is 4.27. The molecule has 1 aromatic carbocycles. The molecule has 112 valence electrons. The van der Waals surface area contributed by atoms with Crippen LogP contribution in [0.3, 0.4) is 0 Å². The van der Waals surface area contributed by atoms with Gasteiger partial charge >= 0.3 is 0 Å². The summed E-state index contributed by atoms with van der Waals surface area (Å²) in [4.78, 5) is 6.96. The molecule has 2 rings (SSSR count). The van der Waals surface area contributed by atoms with E-state index < -0.39 is 0 Å². The normalized spacial score (nSPS) is 15.3. The van der Waals surface area contributed by atoms with Gasteiger partial charge in [0.1, 0.15) is 7.11 Å². The number of benzene rings is 1. The minimum atomic E-state index is 1.02. The van der Waals surface area contributed by atoms with E-state index in [9.17, 15) is 0 Å². The molecule has 3 nitrogen and oxygen atoms in total. The number of allylic oxidation sites excluding steroid dienone is 4. The first kappa shape index (κ1) is 15.4. The molecule has 1 aliphatic rings. The summed E-state index contributed by atoms with van der Waals surface area (Å²) in [5.74, 6) is 0. The van der Waals surface area contributed by atoms with Gasteiger partial charge < -0.3 is 9.74 Å². The van der Waals surface area contributed by atoms with Crippen molar-refractivity contribution in [1.29, 1.82) is 0 Å². The fraction of sp³-hybridized carbons (Fsp3) is 0.389. The average molecular weight is 284 g/mol. The van der Waals surface area contributed by atoms with Gasteiger partial charge in [-0.15, -0.1) is 0 Å². The minimum Gasteiger partial charge on any atom is -0.399 e. The van der Waals surface area contributed by atoms with Crippen molar-refractivity contribution in [3.05, 3.63) is 46.0 Å². The maximum atomic E-state index is 4.86. The van der Waals surface area contributed by atoms with Crippen molar-refractivity contribution in [3.8, 4) is 0 Å². The number of oxime groups is 1. The minimum absolute atomic E-state index is 1.02. The summed E-state index contributed by atoms with van der Waals surface area (Å²) < 4.78 is 0. The SMILES string of the molecule is CON=Cc1cc(N(C)C)ccc1C1=C(C)C(C)=C(C)C1. The van der Waals surface area contributed by atoms with Crippen LogP contribution in [0.25, 0.3) is 5.57 Å². The highest BCUT2D eigenvalue weighted by atomic mass is 16.6. The van der Waals surface area contributed by atoms with E-state index in [-0.39, 0.29) is 0 Å². The lowest BCUT2D eigenvalue weighted by molar-refractivity contribution is 0.215. The molecule has 0 unspecified atom stereocenters. The Bertz CT molecular complexity index is 637. The summed E-state index contributed by atoms with van der Waals surface area (Å²) in [7, 11) is 5.66. The van der Waals surface area contributed by atoms with Gasteiger partial charge in [0.2, 0.25) is 0 Å². The molecule has 0 amide bonds. The van der Waals surface area contributed by atoms with Gasteiger partial charge in [0, 0.05) is 25.3 Å².